The van der Waals surface area contributed by atoms with Crippen LogP contribution in [-0.4, -0.2) is 25.4 Å². The Morgan fingerprint density at radius 1 is 1.38 bits per heavy atom. The van der Waals surface area contributed by atoms with E-state index >= 15 is 0 Å². The van der Waals surface area contributed by atoms with E-state index < -0.39 is 10.0 Å². The lowest BCUT2D eigenvalue weighted by molar-refractivity contribution is 0.0943. The van der Waals surface area contributed by atoms with Gasteiger partial charge in [0, 0.05) is 18.8 Å². The largest absolute Gasteiger partial charge is 0.351 e. The summed E-state index contributed by atoms with van der Waals surface area (Å²) in [6.07, 6.45) is 7.73. The first-order chi connectivity index (χ1) is 9.93. The number of nitrogens with zero attached hydrogens (tertiary/aromatic N) is 1. The molecule has 0 spiro atoms. The molecule has 1 heterocycles. The van der Waals surface area contributed by atoms with Crippen LogP contribution in [0.4, 0.5) is 0 Å². The van der Waals surface area contributed by atoms with Gasteiger partial charge in [-0.25, -0.2) is 13.6 Å². The van der Waals surface area contributed by atoms with E-state index in [1.54, 1.807) is 4.57 Å². The van der Waals surface area contributed by atoms with Gasteiger partial charge in [-0.3, -0.25) is 4.79 Å². The molecular formula is C14H23N3O3S. The number of amides is 1. The molecule has 1 aliphatic carbocycles. The number of primary sulfonamides is 1. The van der Waals surface area contributed by atoms with E-state index in [-0.39, 0.29) is 16.8 Å². The highest BCUT2D eigenvalue weighted by Crippen LogP contribution is 2.37. The maximum Gasteiger partial charge on any atom is 0.267 e. The summed E-state index contributed by atoms with van der Waals surface area (Å²) in [6.45, 7) is 2.75. The van der Waals surface area contributed by atoms with Crippen LogP contribution in [0.15, 0.2) is 17.2 Å². The molecule has 1 aromatic rings. The van der Waals surface area contributed by atoms with Gasteiger partial charge in [0.25, 0.3) is 5.91 Å². The molecule has 0 unspecified atom stereocenters. The zero-order valence-electron chi connectivity index (χ0n) is 12.3. The van der Waals surface area contributed by atoms with Crippen molar-refractivity contribution in [3.63, 3.8) is 0 Å². The lowest BCUT2D eigenvalue weighted by atomic mass is 10.2. The van der Waals surface area contributed by atoms with Gasteiger partial charge in [0.2, 0.25) is 10.0 Å². The van der Waals surface area contributed by atoms with Crippen LogP contribution in [0.5, 0.6) is 0 Å². The molecule has 0 bridgehead atoms. The summed E-state index contributed by atoms with van der Waals surface area (Å²) in [4.78, 5) is 12.2. The van der Waals surface area contributed by atoms with Crippen molar-refractivity contribution >= 4 is 15.9 Å². The molecule has 0 saturated heterocycles. The first-order valence-corrected chi connectivity index (χ1v) is 9.01. The van der Waals surface area contributed by atoms with E-state index in [2.05, 4.69) is 12.2 Å². The van der Waals surface area contributed by atoms with Gasteiger partial charge < -0.3 is 9.88 Å². The van der Waals surface area contributed by atoms with Crippen LogP contribution in [0.1, 0.15) is 62.0 Å². The van der Waals surface area contributed by atoms with Gasteiger partial charge in [0.15, 0.2) is 0 Å². The van der Waals surface area contributed by atoms with Crippen molar-refractivity contribution < 1.29 is 13.2 Å². The minimum Gasteiger partial charge on any atom is -0.351 e. The first kappa shape index (κ1) is 16.0. The maximum atomic E-state index is 12.2. The highest BCUT2D eigenvalue weighted by atomic mass is 32.2. The van der Waals surface area contributed by atoms with Gasteiger partial charge in [0.1, 0.15) is 10.6 Å². The molecule has 0 aliphatic heterocycles. The monoisotopic (exact) mass is 313 g/mol. The highest BCUT2D eigenvalue weighted by Gasteiger charge is 2.29. The number of aromatic nitrogens is 1. The lowest BCUT2D eigenvalue weighted by Gasteiger charge is -2.08. The molecule has 21 heavy (non-hydrogen) atoms. The van der Waals surface area contributed by atoms with Gasteiger partial charge in [-0.2, -0.15) is 0 Å². The molecule has 2 rings (SSSR count). The Hall–Kier alpha value is -1.34. The van der Waals surface area contributed by atoms with Crippen molar-refractivity contribution in [3.8, 4) is 0 Å². The van der Waals surface area contributed by atoms with Crippen LogP contribution in [0.2, 0.25) is 0 Å². The molecule has 6 nitrogen and oxygen atoms in total. The second-order valence-electron chi connectivity index (χ2n) is 5.56. The molecule has 1 amide bonds. The van der Waals surface area contributed by atoms with Crippen LogP contribution in [0.3, 0.4) is 0 Å². The first-order valence-electron chi connectivity index (χ1n) is 7.46. The number of unbranched alkanes of at least 4 members (excludes halogenated alkanes) is 3. The van der Waals surface area contributed by atoms with Crippen LogP contribution in [0, 0.1) is 0 Å². The maximum absolute atomic E-state index is 12.2. The Kier molecular flexibility index (Phi) is 5.05. The Labute approximate surface area is 125 Å². The molecule has 1 saturated carbocycles. The fourth-order valence-electron chi connectivity index (χ4n) is 2.29. The molecule has 1 aromatic heterocycles. The predicted molar refractivity (Wildman–Crippen MR) is 80.6 cm³/mol. The van der Waals surface area contributed by atoms with Crippen molar-refractivity contribution in [3.05, 3.63) is 18.0 Å². The van der Waals surface area contributed by atoms with Gasteiger partial charge in [-0.05, 0) is 25.3 Å². The average Bonchev–Trinajstić information content (AvgIpc) is 3.15. The molecule has 0 aromatic carbocycles. The number of nitrogens with two attached hydrogens (primary N) is 1. The van der Waals surface area contributed by atoms with Crippen LogP contribution in [0.25, 0.3) is 0 Å². The minimum absolute atomic E-state index is 0.00512. The Bertz CT molecular complexity index is 603. The summed E-state index contributed by atoms with van der Waals surface area (Å²) in [5.41, 5.74) is 0.386. The molecule has 3 N–H and O–H groups in total. The SMILES string of the molecule is CCCCCCNC(=O)c1cc(S(N)(=O)=O)cn1C1CC1. The molecule has 0 radical (unpaired) electrons. The Morgan fingerprint density at radius 3 is 2.67 bits per heavy atom. The molecule has 1 fully saturated rings. The summed E-state index contributed by atoms with van der Waals surface area (Å²) in [5.74, 6) is -0.228. The number of carbonyl (C=O) groups excluding carboxylic acids is 1. The van der Waals surface area contributed by atoms with E-state index in [0.717, 1.165) is 38.5 Å². The number of sulfonamides is 1. The molecule has 118 valence electrons. The summed E-state index contributed by atoms with van der Waals surface area (Å²) < 4.78 is 24.6. The zero-order chi connectivity index (χ0) is 15.5. The predicted octanol–water partition coefficient (Wildman–Crippen LogP) is 1.78. The van der Waals surface area contributed by atoms with Crippen molar-refractivity contribution in [1.29, 1.82) is 0 Å². The minimum atomic E-state index is -3.78. The second kappa shape index (κ2) is 6.62. The van der Waals surface area contributed by atoms with Crippen LogP contribution < -0.4 is 10.5 Å². The van der Waals surface area contributed by atoms with Gasteiger partial charge in [-0.15, -0.1) is 0 Å². The fraction of sp³-hybridized carbons (Fsp3) is 0.643. The number of carbonyl (C=O) groups is 1. The van der Waals surface area contributed by atoms with E-state index in [1.807, 2.05) is 0 Å². The van der Waals surface area contributed by atoms with Gasteiger partial charge in [-0.1, -0.05) is 26.2 Å². The summed E-state index contributed by atoms with van der Waals surface area (Å²) in [6, 6.07) is 1.59. The molecule has 0 atom stereocenters. The van der Waals surface area contributed by atoms with E-state index in [0.29, 0.717) is 12.2 Å². The molecule has 7 heteroatoms. The number of nitrogens with one attached hydrogen (secondary N) is 1. The van der Waals surface area contributed by atoms with Crippen molar-refractivity contribution in [1.82, 2.24) is 9.88 Å². The van der Waals surface area contributed by atoms with E-state index in [4.69, 9.17) is 5.14 Å². The highest BCUT2D eigenvalue weighted by molar-refractivity contribution is 7.89. The fourth-order valence-corrected chi connectivity index (χ4v) is 2.83. The Morgan fingerprint density at radius 2 is 2.10 bits per heavy atom. The third-order valence-corrected chi connectivity index (χ3v) is 4.52. The van der Waals surface area contributed by atoms with Crippen molar-refractivity contribution in [2.24, 2.45) is 5.14 Å². The number of hydrogen-bond donors (Lipinski definition) is 2. The summed E-state index contributed by atoms with van der Waals surface area (Å²) >= 11 is 0. The average molecular weight is 313 g/mol. The van der Waals surface area contributed by atoms with E-state index in [1.165, 1.54) is 12.3 Å². The van der Waals surface area contributed by atoms with Crippen molar-refractivity contribution in [2.45, 2.75) is 56.4 Å². The van der Waals surface area contributed by atoms with E-state index in [9.17, 15) is 13.2 Å². The Balaban J connectivity index is 2.04. The zero-order valence-corrected chi connectivity index (χ0v) is 13.2. The van der Waals surface area contributed by atoms with Gasteiger partial charge in [0.05, 0.1) is 0 Å². The third kappa shape index (κ3) is 4.31. The van der Waals surface area contributed by atoms with Crippen molar-refractivity contribution in [2.75, 3.05) is 6.54 Å². The number of hydrogen-bond acceptors (Lipinski definition) is 3. The smallest absolute Gasteiger partial charge is 0.267 e. The lowest BCUT2D eigenvalue weighted by Crippen LogP contribution is -2.26. The normalized spacial score (nSPS) is 15.1. The summed E-state index contributed by atoms with van der Waals surface area (Å²) in [5, 5.41) is 7.99. The van der Waals surface area contributed by atoms with Gasteiger partial charge >= 0.3 is 0 Å². The molecular weight excluding hydrogens is 290 g/mol. The van der Waals surface area contributed by atoms with Crippen LogP contribution in [-0.2, 0) is 10.0 Å². The quantitative estimate of drug-likeness (QED) is 0.716. The topological polar surface area (TPSA) is 94.2 Å². The molecule has 1 aliphatic rings. The number of rotatable bonds is 8. The third-order valence-electron chi connectivity index (χ3n) is 3.64. The summed E-state index contributed by atoms with van der Waals surface area (Å²) in [7, 11) is -3.78. The standard InChI is InChI=1S/C14H23N3O3S/c1-2-3-4-5-8-16-14(18)13-9-12(21(15,19)20)10-17(13)11-6-7-11/h9-11H,2-8H2,1H3,(H,16,18)(H2,15,19,20). The van der Waals surface area contributed by atoms with Crippen LogP contribution >= 0.6 is 0 Å². The second-order valence-corrected chi connectivity index (χ2v) is 7.12.